The van der Waals surface area contributed by atoms with Gasteiger partial charge in [0.05, 0.1) is 32.0 Å². The molecule has 1 amide bonds. The van der Waals surface area contributed by atoms with Crippen LogP contribution in [0.1, 0.15) is 142 Å². The van der Waals surface area contributed by atoms with Crippen LogP contribution in [-0.4, -0.2) is 140 Å². The van der Waals surface area contributed by atoms with E-state index in [1.165, 1.54) is 103 Å². The molecule has 0 radical (unpaired) electrons. The zero-order valence-electron chi connectivity index (χ0n) is 35.3. The number of hydrogen-bond acceptors (Lipinski definition) is 13. The van der Waals surface area contributed by atoms with Crippen LogP contribution in [0.15, 0.2) is 36.5 Å². The van der Waals surface area contributed by atoms with Gasteiger partial charge in [0.2, 0.25) is 5.91 Å². The number of hydrogen-bond donors (Lipinski definition) is 9. The number of unbranched alkanes of at least 4 members (excludes halogenated alkanes) is 17. The lowest BCUT2D eigenvalue weighted by molar-refractivity contribution is -0.359. The number of aliphatic hydroxyl groups is 8. The molecule has 0 saturated carbocycles. The first kappa shape index (κ1) is 52.3. The van der Waals surface area contributed by atoms with Gasteiger partial charge in [-0.3, -0.25) is 4.79 Å². The van der Waals surface area contributed by atoms with Gasteiger partial charge in [-0.15, -0.1) is 0 Å². The Labute approximate surface area is 347 Å². The van der Waals surface area contributed by atoms with Crippen molar-refractivity contribution in [1.29, 1.82) is 0 Å². The third-order valence-electron chi connectivity index (χ3n) is 10.8. The maximum Gasteiger partial charge on any atom is 0.217 e. The van der Waals surface area contributed by atoms with Crippen LogP contribution >= 0.6 is 0 Å². The van der Waals surface area contributed by atoms with E-state index in [9.17, 15) is 45.6 Å². The molecule has 2 heterocycles. The molecule has 338 valence electrons. The van der Waals surface area contributed by atoms with Gasteiger partial charge in [-0.05, 0) is 38.5 Å². The van der Waals surface area contributed by atoms with Gasteiger partial charge >= 0.3 is 0 Å². The molecule has 2 fully saturated rings. The standard InChI is InChI=1S/C44H79NO13/c1-3-4-5-6-7-8-9-10-11-12-13-14-15-16-17-18-19-20-21-22-23-24-25-26-27-28-34(49)33(45-32(2)48)31-55-43-41(54)39(52)42(36(30-47)57-43)58-44-40(53)38(51)37(50)35(29-46)56-44/h19-20,23-24,27-28,33-44,46-47,49-54H,3-18,21-22,25-26,29-31H2,1-2H3,(H,45,48)/b20-19+,24-23+,28-27+. The highest BCUT2D eigenvalue weighted by Crippen LogP contribution is 2.30. The molecule has 2 aliphatic rings. The predicted octanol–water partition coefficient (Wildman–Crippen LogP) is 3.98. The van der Waals surface area contributed by atoms with E-state index in [1.807, 2.05) is 0 Å². The third-order valence-corrected chi connectivity index (χ3v) is 10.8. The summed E-state index contributed by atoms with van der Waals surface area (Å²) < 4.78 is 22.2. The average molecular weight is 830 g/mol. The molecule has 58 heavy (non-hydrogen) atoms. The zero-order chi connectivity index (χ0) is 42.5. The number of ether oxygens (including phenoxy) is 4. The summed E-state index contributed by atoms with van der Waals surface area (Å²) >= 11 is 0. The lowest BCUT2D eigenvalue weighted by Crippen LogP contribution is -2.65. The van der Waals surface area contributed by atoms with Crippen molar-refractivity contribution in [3.8, 4) is 0 Å². The van der Waals surface area contributed by atoms with Crippen LogP contribution in [0.2, 0.25) is 0 Å². The highest BCUT2D eigenvalue weighted by atomic mass is 16.7. The van der Waals surface area contributed by atoms with Crippen molar-refractivity contribution < 1.29 is 64.6 Å². The Kier molecular flexibility index (Phi) is 28.9. The SMILES string of the molecule is CCCCCCCCCCCCCCCCC/C=C/CC/C=C/CC/C=C/C(O)C(COC1OC(CO)C(OC2OC(CO)C(O)C(O)C2O)C(O)C1O)NC(C)=O. The molecule has 0 aliphatic carbocycles. The van der Waals surface area contributed by atoms with Crippen LogP contribution in [0.4, 0.5) is 0 Å². The van der Waals surface area contributed by atoms with Gasteiger partial charge < -0.3 is 65.1 Å². The largest absolute Gasteiger partial charge is 0.394 e. The van der Waals surface area contributed by atoms with E-state index in [-0.39, 0.29) is 6.61 Å². The number of rotatable bonds is 32. The molecule has 0 spiro atoms. The van der Waals surface area contributed by atoms with Crippen molar-refractivity contribution >= 4 is 5.91 Å². The fourth-order valence-corrected chi connectivity index (χ4v) is 7.24. The summed E-state index contributed by atoms with van der Waals surface area (Å²) in [4.78, 5) is 11.9. The smallest absolute Gasteiger partial charge is 0.217 e. The van der Waals surface area contributed by atoms with Gasteiger partial charge in [-0.25, -0.2) is 0 Å². The fraction of sp³-hybridized carbons (Fsp3) is 0.841. The summed E-state index contributed by atoms with van der Waals surface area (Å²) in [6, 6.07) is -0.936. The minimum absolute atomic E-state index is 0.331. The summed E-state index contributed by atoms with van der Waals surface area (Å²) in [7, 11) is 0. The Balaban J connectivity index is 1.61. The van der Waals surface area contributed by atoms with Crippen LogP contribution in [0.25, 0.3) is 0 Å². The lowest BCUT2D eigenvalue weighted by atomic mass is 9.97. The summed E-state index contributed by atoms with van der Waals surface area (Å²) in [5.74, 6) is -0.431. The average Bonchev–Trinajstić information content (AvgIpc) is 3.21. The molecule has 9 N–H and O–H groups in total. The summed E-state index contributed by atoms with van der Waals surface area (Å²) in [6.45, 7) is 1.79. The molecule has 2 saturated heterocycles. The lowest BCUT2D eigenvalue weighted by Gasteiger charge is -2.46. The Morgan fingerprint density at radius 1 is 0.603 bits per heavy atom. The summed E-state index contributed by atoms with van der Waals surface area (Å²) in [6.07, 6.45) is 20.3. The number of aliphatic hydroxyl groups excluding tert-OH is 8. The Morgan fingerprint density at radius 2 is 1.07 bits per heavy atom. The molecule has 0 bridgehead atoms. The maximum absolute atomic E-state index is 11.9. The molecule has 0 aromatic heterocycles. The van der Waals surface area contributed by atoms with Crippen LogP contribution < -0.4 is 5.32 Å². The topological polar surface area (TPSA) is 228 Å². The van der Waals surface area contributed by atoms with E-state index < -0.39 is 92.7 Å². The quantitative estimate of drug-likeness (QED) is 0.0346. The first-order valence-electron chi connectivity index (χ1n) is 22.2. The summed E-state index contributed by atoms with van der Waals surface area (Å²) in [5, 5.41) is 84.9. The van der Waals surface area contributed by atoms with E-state index in [1.54, 1.807) is 12.2 Å². The summed E-state index contributed by atoms with van der Waals surface area (Å²) in [5.41, 5.74) is 0. The Hall–Kier alpha value is -1.79. The van der Waals surface area contributed by atoms with Crippen molar-refractivity contribution in [2.24, 2.45) is 0 Å². The van der Waals surface area contributed by atoms with Crippen molar-refractivity contribution in [2.45, 2.75) is 216 Å². The van der Waals surface area contributed by atoms with Gasteiger partial charge in [-0.2, -0.15) is 0 Å². The third kappa shape index (κ3) is 20.7. The predicted molar refractivity (Wildman–Crippen MR) is 221 cm³/mol. The second kappa shape index (κ2) is 32.0. The minimum atomic E-state index is -1.79. The molecule has 2 rings (SSSR count). The van der Waals surface area contributed by atoms with E-state index in [4.69, 9.17) is 18.9 Å². The first-order valence-corrected chi connectivity index (χ1v) is 22.2. The van der Waals surface area contributed by atoms with E-state index in [2.05, 4.69) is 36.5 Å². The van der Waals surface area contributed by atoms with Crippen molar-refractivity contribution in [3.63, 3.8) is 0 Å². The number of carbonyl (C=O) groups excluding carboxylic acids is 1. The van der Waals surface area contributed by atoms with Crippen molar-refractivity contribution in [3.05, 3.63) is 36.5 Å². The molecule has 0 aromatic carbocycles. The molecule has 2 aliphatic heterocycles. The molecule has 12 unspecified atom stereocenters. The van der Waals surface area contributed by atoms with Crippen LogP contribution in [0.3, 0.4) is 0 Å². The van der Waals surface area contributed by atoms with Crippen LogP contribution in [-0.2, 0) is 23.7 Å². The van der Waals surface area contributed by atoms with Gasteiger partial charge in [0, 0.05) is 6.92 Å². The highest BCUT2D eigenvalue weighted by molar-refractivity contribution is 5.73. The molecule has 14 nitrogen and oxygen atoms in total. The molecule has 14 heteroatoms. The van der Waals surface area contributed by atoms with Gasteiger partial charge in [-0.1, -0.05) is 133 Å². The number of carbonyl (C=O) groups is 1. The normalized spacial score (nSPS) is 29.1. The van der Waals surface area contributed by atoms with E-state index >= 15 is 0 Å². The first-order chi connectivity index (χ1) is 28.0. The van der Waals surface area contributed by atoms with Gasteiger partial charge in [0.1, 0.15) is 48.8 Å². The molecular weight excluding hydrogens is 750 g/mol. The molecule has 0 aromatic rings. The van der Waals surface area contributed by atoms with Crippen molar-refractivity contribution in [1.82, 2.24) is 5.32 Å². The van der Waals surface area contributed by atoms with E-state index in [0.717, 1.165) is 25.7 Å². The maximum atomic E-state index is 11.9. The second-order valence-corrected chi connectivity index (χ2v) is 15.9. The number of allylic oxidation sites excluding steroid dienone is 5. The van der Waals surface area contributed by atoms with Crippen LogP contribution in [0.5, 0.6) is 0 Å². The zero-order valence-corrected chi connectivity index (χ0v) is 35.3. The number of nitrogens with one attached hydrogen (secondary N) is 1. The van der Waals surface area contributed by atoms with Gasteiger partial charge in [0.15, 0.2) is 12.6 Å². The Morgan fingerprint density at radius 3 is 1.59 bits per heavy atom. The van der Waals surface area contributed by atoms with Crippen LogP contribution in [0, 0.1) is 0 Å². The molecular formula is C44H79NO13. The highest BCUT2D eigenvalue weighted by Gasteiger charge is 2.50. The Bertz CT molecular complexity index is 1120. The van der Waals surface area contributed by atoms with Gasteiger partial charge in [0.25, 0.3) is 0 Å². The fourth-order valence-electron chi connectivity index (χ4n) is 7.24. The van der Waals surface area contributed by atoms with Crippen molar-refractivity contribution in [2.75, 3.05) is 19.8 Å². The second-order valence-electron chi connectivity index (χ2n) is 15.9. The minimum Gasteiger partial charge on any atom is -0.394 e. The molecule has 12 atom stereocenters. The number of amides is 1. The van der Waals surface area contributed by atoms with E-state index in [0.29, 0.717) is 6.42 Å². The monoisotopic (exact) mass is 830 g/mol.